The van der Waals surface area contributed by atoms with E-state index >= 15 is 4.39 Å². The number of anilines is 1. The van der Waals surface area contributed by atoms with Crippen LogP contribution in [0.3, 0.4) is 0 Å². The van der Waals surface area contributed by atoms with Crippen LogP contribution in [0.1, 0.15) is 54.2 Å². The quantitative estimate of drug-likeness (QED) is 0.156. The summed E-state index contributed by atoms with van der Waals surface area (Å²) in [6.45, 7) is 9.42. The lowest BCUT2D eigenvalue weighted by atomic mass is 10.00. The number of nitrogen functional groups attached to an aromatic ring is 1. The number of nitrogens with one attached hydrogen (secondary N) is 1. The lowest BCUT2D eigenvalue weighted by molar-refractivity contribution is -0.149. The molecule has 0 saturated carbocycles. The van der Waals surface area contributed by atoms with Gasteiger partial charge in [-0.1, -0.05) is 44.1 Å². The highest BCUT2D eigenvalue weighted by Gasteiger charge is 2.50. The van der Waals surface area contributed by atoms with E-state index in [4.69, 9.17) is 35.9 Å². The van der Waals surface area contributed by atoms with Crippen molar-refractivity contribution in [2.24, 2.45) is 5.41 Å². The molecule has 38 heavy (non-hydrogen) atoms. The molecule has 5 atom stereocenters. The molecule has 216 valence electrons. The van der Waals surface area contributed by atoms with Gasteiger partial charge < -0.3 is 15.2 Å². The normalized spacial score (nSPS) is 24.2. The number of carbonyl (C=O) groups excluding carboxylic acids is 2. The molecule has 1 saturated heterocycles. The predicted molar refractivity (Wildman–Crippen MR) is 141 cm³/mol. The number of rotatable bonds is 12. The van der Waals surface area contributed by atoms with E-state index in [9.17, 15) is 18.9 Å². The van der Waals surface area contributed by atoms with Crippen molar-refractivity contribution in [1.29, 1.82) is 0 Å². The number of alkyl halides is 2. The van der Waals surface area contributed by atoms with Gasteiger partial charge in [0.1, 0.15) is 11.9 Å². The Labute approximate surface area is 230 Å². The standard InChI is InChI=1S/C22H35ClFN4O8PS/c1-13(2)35-17(29)14(3)27-37(32,33-9-10-38-19(30)21(4,5)6)34-12-15-11-22(23,24)18(36-15)28-8-7-16(25)26-20(28)31/h7-8,13-15,18H,9-12H2,1-6H3,(H,27,32)(H2,25,26,31)/t14?,15-,18+,22+,37?/m0/s1. The molecule has 1 aromatic heterocycles. The lowest BCUT2D eigenvalue weighted by Crippen LogP contribution is -2.36. The van der Waals surface area contributed by atoms with E-state index < -0.39 is 67.5 Å². The molecule has 2 rings (SSSR count). The third-order valence-corrected chi connectivity index (χ3v) is 8.27. The van der Waals surface area contributed by atoms with E-state index in [-0.39, 0.29) is 23.3 Å². The van der Waals surface area contributed by atoms with Crippen LogP contribution in [0.4, 0.5) is 10.2 Å². The van der Waals surface area contributed by atoms with Gasteiger partial charge in [0, 0.05) is 23.8 Å². The van der Waals surface area contributed by atoms with Gasteiger partial charge in [-0.15, -0.1) is 0 Å². The molecule has 1 aliphatic heterocycles. The van der Waals surface area contributed by atoms with Crippen LogP contribution in [0.15, 0.2) is 17.1 Å². The fourth-order valence-electron chi connectivity index (χ4n) is 3.13. The SMILES string of the molecule is CC(C)OC(=O)C(C)NP(=O)(OCCSC(=O)C(C)(C)C)OC[C@@H]1C[C@](F)(Cl)[C@H](n2ccc(N)nc2=O)O1. The zero-order valence-electron chi connectivity index (χ0n) is 22.1. The summed E-state index contributed by atoms with van der Waals surface area (Å²) < 4.78 is 51.1. The Hall–Kier alpha value is -1.54. The summed E-state index contributed by atoms with van der Waals surface area (Å²) in [5, 5.41) is -0.0922. The third kappa shape index (κ3) is 9.58. The summed E-state index contributed by atoms with van der Waals surface area (Å²) in [6, 6.07) is 0.199. The van der Waals surface area contributed by atoms with Crippen molar-refractivity contribution < 1.29 is 37.1 Å². The highest BCUT2D eigenvalue weighted by molar-refractivity contribution is 8.13. The number of halogens is 2. The zero-order chi connectivity index (χ0) is 28.9. The molecule has 12 nitrogen and oxygen atoms in total. The second-order valence-electron chi connectivity index (χ2n) is 9.97. The second kappa shape index (κ2) is 13.2. The summed E-state index contributed by atoms with van der Waals surface area (Å²) >= 11 is 6.99. The summed E-state index contributed by atoms with van der Waals surface area (Å²) in [6.07, 6.45) is -2.23. The van der Waals surface area contributed by atoms with Crippen molar-refractivity contribution in [3.8, 4) is 0 Å². The highest BCUT2D eigenvalue weighted by atomic mass is 35.5. The molecule has 0 spiro atoms. The van der Waals surface area contributed by atoms with Crippen LogP contribution in [-0.2, 0) is 32.7 Å². The minimum Gasteiger partial charge on any atom is -0.462 e. The first-order chi connectivity index (χ1) is 17.4. The first-order valence-corrected chi connectivity index (χ1v) is 14.8. The van der Waals surface area contributed by atoms with Crippen LogP contribution in [0.25, 0.3) is 0 Å². The lowest BCUT2D eigenvalue weighted by Gasteiger charge is -2.24. The second-order valence-corrected chi connectivity index (χ2v) is 13.4. The van der Waals surface area contributed by atoms with Crippen LogP contribution in [-0.4, -0.2) is 63.0 Å². The Morgan fingerprint density at radius 3 is 2.63 bits per heavy atom. The Bertz CT molecular complexity index is 1100. The summed E-state index contributed by atoms with van der Waals surface area (Å²) in [7, 11) is -4.19. The van der Waals surface area contributed by atoms with Crippen LogP contribution in [0.2, 0.25) is 0 Å². The maximum atomic E-state index is 15.1. The van der Waals surface area contributed by atoms with Crippen LogP contribution in [0, 0.1) is 5.41 Å². The molecule has 2 unspecified atom stereocenters. The highest BCUT2D eigenvalue weighted by Crippen LogP contribution is 2.48. The van der Waals surface area contributed by atoms with Gasteiger partial charge >= 0.3 is 19.4 Å². The molecule has 3 N–H and O–H groups in total. The molecule has 2 heterocycles. The van der Waals surface area contributed by atoms with E-state index in [0.29, 0.717) is 0 Å². The Morgan fingerprint density at radius 1 is 1.39 bits per heavy atom. The Morgan fingerprint density at radius 2 is 2.05 bits per heavy atom. The molecule has 0 amide bonds. The average molecular weight is 601 g/mol. The smallest absolute Gasteiger partial charge is 0.406 e. The number of thioether (sulfide) groups is 1. The van der Waals surface area contributed by atoms with E-state index in [0.717, 1.165) is 16.3 Å². The number of nitrogens with two attached hydrogens (primary N) is 1. The fourth-order valence-corrected chi connectivity index (χ4v) is 5.87. The summed E-state index contributed by atoms with van der Waals surface area (Å²) in [5.74, 6) is -0.583. The molecular weight excluding hydrogens is 566 g/mol. The maximum absolute atomic E-state index is 15.1. The van der Waals surface area contributed by atoms with Gasteiger partial charge in [0.2, 0.25) is 5.13 Å². The molecule has 1 aliphatic rings. The number of aromatic nitrogens is 2. The number of nitrogens with zero attached hydrogens (tertiary/aromatic N) is 2. The molecule has 0 aliphatic carbocycles. The van der Waals surface area contributed by atoms with Crippen molar-refractivity contribution in [2.45, 2.75) is 77.6 Å². The number of carbonyl (C=O) groups is 2. The van der Waals surface area contributed by atoms with Crippen molar-refractivity contribution >= 4 is 48.0 Å². The van der Waals surface area contributed by atoms with E-state index in [1.165, 1.54) is 19.2 Å². The molecular formula is C22H35ClFN4O8PS. The van der Waals surface area contributed by atoms with E-state index in [1.54, 1.807) is 34.6 Å². The summed E-state index contributed by atoms with van der Waals surface area (Å²) in [4.78, 5) is 40.1. The number of hydrogen-bond donors (Lipinski definition) is 2. The minimum absolute atomic E-state index is 0.0557. The van der Waals surface area contributed by atoms with Crippen molar-refractivity contribution in [3.63, 3.8) is 0 Å². The fraction of sp³-hybridized carbons (Fsp3) is 0.727. The average Bonchev–Trinajstić information content (AvgIpc) is 3.08. The Kier molecular flexibility index (Phi) is 11.4. The monoisotopic (exact) mass is 600 g/mol. The topological polar surface area (TPSA) is 161 Å². The molecule has 0 radical (unpaired) electrons. The number of ether oxygens (including phenoxy) is 2. The molecule has 1 aromatic rings. The largest absolute Gasteiger partial charge is 0.462 e. The third-order valence-electron chi connectivity index (χ3n) is 4.96. The van der Waals surface area contributed by atoms with Gasteiger partial charge in [0.15, 0.2) is 11.3 Å². The first kappa shape index (κ1) is 32.7. The van der Waals surface area contributed by atoms with E-state index in [2.05, 4.69) is 10.1 Å². The van der Waals surface area contributed by atoms with Crippen molar-refractivity contribution in [2.75, 3.05) is 24.7 Å². The van der Waals surface area contributed by atoms with Gasteiger partial charge in [-0.2, -0.15) is 4.98 Å². The van der Waals surface area contributed by atoms with Crippen LogP contribution in [0.5, 0.6) is 0 Å². The van der Waals surface area contributed by atoms with Crippen LogP contribution < -0.4 is 16.5 Å². The van der Waals surface area contributed by atoms with Gasteiger partial charge in [-0.25, -0.2) is 18.8 Å². The molecule has 0 bridgehead atoms. The molecule has 0 aromatic carbocycles. The Balaban J connectivity index is 2.10. The van der Waals surface area contributed by atoms with Crippen molar-refractivity contribution in [1.82, 2.24) is 14.6 Å². The first-order valence-electron chi connectivity index (χ1n) is 11.9. The van der Waals surface area contributed by atoms with Gasteiger partial charge in [0.05, 0.1) is 25.4 Å². The van der Waals surface area contributed by atoms with Gasteiger partial charge in [0.25, 0.3) is 0 Å². The molecule has 16 heteroatoms. The van der Waals surface area contributed by atoms with Gasteiger partial charge in [-0.3, -0.25) is 23.2 Å². The predicted octanol–water partition coefficient (Wildman–Crippen LogP) is 3.39. The van der Waals surface area contributed by atoms with Crippen LogP contribution >= 0.6 is 31.1 Å². The minimum atomic E-state index is -4.19. The molecule has 1 fully saturated rings. The number of hydrogen-bond acceptors (Lipinski definition) is 11. The maximum Gasteiger partial charge on any atom is 0.406 e. The zero-order valence-corrected chi connectivity index (χ0v) is 24.6. The summed E-state index contributed by atoms with van der Waals surface area (Å²) in [5.41, 5.74) is 4.04. The van der Waals surface area contributed by atoms with E-state index in [1.807, 2.05) is 0 Å². The number of esters is 1. The van der Waals surface area contributed by atoms with Gasteiger partial charge in [-0.05, 0) is 26.8 Å². The van der Waals surface area contributed by atoms with Crippen molar-refractivity contribution in [3.05, 3.63) is 22.7 Å².